The molecule has 0 nitrogen and oxygen atoms in total. The molecule has 1 saturated carbocycles. The van der Waals surface area contributed by atoms with Gasteiger partial charge >= 0.3 is 6.18 Å². The van der Waals surface area contributed by atoms with Gasteiger partial charge in [0.15, 0.2) is 0 Å². The van der Waals surface area contributed by atoms with Crippen molar-refractivity contribution in [2.24, 2.45) is 5.92 Å². The van der Waals surface area contributed by atoms with Gasteiger partial charge in [0.2, 0.25) is 0 Å². The van der Waals surface area contributed by atoms with Crippen LogP contribution in [0.25, 0.3) is 10.8 Å². The lowest BCUT2D eigenvalue weighted by molar-refractivity contribution is -0.140. The third-order valence-corrected chi connectivity index (χ3v) is 7.18. The lowest BCUT2D eigenvalue weighted by Crippen LogP contribution is -2.13. The van der Waals surface area contributed by atoms with Crippen LogP contribution in [0.3, 0.4) is 0 Å². The summed E-state index contributed by atoms with van der Waals surface area (Å²) in [6.45, 7) is 3.81. The fourth-order valence-corrected chi connectivity index (χ4v) is 5.16. The van der Waals surface area contributed by atoms with E-state index in [1.807, 2.05) is 24.3 Å². The molecule has 0 spiro atoms. The molecule has 34 heavy (non-hydrogen) atoms. The van der Waals surface area contributed by atoms with Crippen LogP contribution in [0, 0.1) is 17.6 Å². The molecule has 3 aromatic carbocycles. The summed E-state index contributed by atoms with van der Waals surface area (Å²) in [5, 5.41) is 1.40. The minimum absolute atomic E-state index is 0.255. The summed E-state index contributed by atoms with van der Waals surface area (Å²) in [5.41, 5.74) is 0.851. The topological polar surface area (TPSA) is 0 Å². The van der Waals surface area contributed by atoms with Crippen LogP contribution in [0.2, 0.25) is 0 Å². The number of halogens is 5. The van der Waals surface area contributed by atoms with Crippen molar-refractivity contribution in [2.75, 3.05) is 0 Å². The Balaban J connectivity index is 1.44. The molecule has 0 saturated heterocycles. The highest BCUT2D eigenvalue weighted by atomic mass is 19.4. The molecule has 5 heteroatoms. The highest BCUT2D eigenvalue weighted by Gasteiger charge is 2.33. The third kappa shape index (κ3) is 5.51. The van der Waals surface area contributed by atoms with Gasteiger partial charge in [-0.15, -0.1) is 6.58 Å². The van der Waals surface area contributed by atoms with Crippen molar-refractivity contribution < 1.29 is 22.0 Å². The number of alkyl halides is 3. The Morgan fingerprint density at radius 3 is 2.32 bits per heavy atom. The molecule has 3 aromatic rings. The number of aryl methyl sites for hydroxylation is 2. The highest BCUT2D eigenvalue weighted by Crippen LogP contribution is 2.39. The molecule has 0 heterocycles. The molecule has 1 fully saturated rings. The first-order chi connectivity index (χ1) is 16.3. The van der Waals surface area contributed by atoms with Gasteiger partial charge < -0.3 is 0 Å². The predicted octanol–water partition coefficient (Wildman–Crippen LogP) is 9.16. The molecule has 0 aliphatic heterocycles. The summed E-state index contributed by atoms with van der Waals surface area (Å²) in [7, 11) is 0. The Morgan fingerprint density at radius 2 is 1.65 bits per heavy atom. The summed E-state index contributed by atoms with van der Waals surface area (Å²) in [5.74, 6) is -0.342. The number of hydrogen-bond donors (Lipinski definition) is 0. The molecule has 180 valence electrons. The fourth-order valence-electron chi connectivity index (χ4n) is 5.16. The lowest BCUT2D eigenvalue weighted by Gasteiger charge is -2.28. The zero-order valence-electron chi connectivity index (χ0n) is 19.1. The Kier molecular flexibility index (Phi) is 7.39. The number of rotatable bonds is 7. The third-order valence-electron chi connectivity index (χ3n) is 7.18. The van der Waals surface area contributed by atoms with Crippen molar-refractivity contribution in [1.29, 1.82) is 0 Å². The van der Waals surface area contributed by atoms with E-state index in [1.54, 1.807) is 6.07 Å². The van der Waals surface area contributed by atoms with Crippen LogP contribution in [-0.2, 0) is 19.0 Å². The predicted molar refractivity (Wildman–Crippen MR) is 127 cm³/mol. The number of fused-ring (bicyclic) bond motifs is 1. The number of hydrogen-bond acceptors (Lipinski definition) is 0. The maximum atomic E-state index is 15.2. The molecule has 0 aromatic heterocycles. The normalized spacial score (nSPS) is 18.9. The summed E-state index contributed by atoms with van der Waals surface area (Å²) in [6, 6.07) is 12.5. The van der Waals surface area contributed by atoms with Gasteiger partial charge in [0, 0.05) is 5.39 Å². The number of allylic oxidation sites excluding steroid dienone is 1. The van der Waals surface area contributed by atoms with E-state index < -0.39 is 17.6 Å². The van der Waals surface area contributed by atoms with E-state index in [0.717, 1.165) is 42.7 Å². The van der Waals surface area contributed by atoms with Gasteiger partial charge in [-0.3, -0.25) is 0 Å². The van der Waals surface area contributed by atoms with Crippen molar-refractivity contribution in [3.8, 4) is 0 Å². The van der Waals surface area contributed by atoms with Crippen molar-refractivity contribution in [1.82, 2.24) is 0 Å². The zero-order chi connectivity index (χ0) is 24.3. The van der Waals surface area contributed by atoms with Gasteiger partial charge in [0.25, 0.3) is 0 Å². The lowest BCUT2D eigenvalue weighted by atomic mass is 9.77. The summed E-state index contributed by atoms with van der Waals surface area (Å²) in [6.07, 6.45) is 4.81. The van der Waals surface area contributed by atoms with Gasteiger partial charge in [-0.25, -0.2) is 8.78 Å². The van der Waals surface area contributed by atoms with Crippen LogP contribution in [-0.4, -0.2) is 0 Å². The molecule has 1 aliphatic rings. The molecule has 0 amide bonds. The van der Waals surface area contributed by atoms with Crippen molar-refractivity contribution in [3.05, 3.63) is 95.1 Å². The van der Waals surface area contributed by atoms with Gasteiger partial charge in [0.1, 0.15) is 11.6 Å². The largest absolute Gasteiger partial charge is 0.419 e. The Bertz CT molecular complexity index is 1150. The Morgan fingerprint density at radius 1 is 0.882 bits per heavy atom. The second kappa shape index (κ2) is 10.3. The van der Waals surface area contributed by atoms with E-state index >= 15 is 4.39 Å². The zero-order valence-corrected chi connectivity index (χ0v) is 19.1. The van der Waals surface area contributed by atoms with Crippen molar-refractivity contribution >= 4 is 10.8 Å². The second-order valence-corrected chi connectivity index (χ2v) is 9.41. The average molecular weight is 473 g/mol. The van der Waals surface area contributed by atoms with Crippen molar-refractivity contribution in [2.45, 2.75) is 63.5 Å². The van der Waals surface area contributed by atoms with Gasteiger partial charge in [-0.05, 0) is 97.4 Å². The first-order valence-electron chi connectivity index (χ1n) is 11.9. The minimum atomic E-state index is -4.73. The van der Waals surface area contributed by atoms with Gasteiger partial charge in [-0.1, -0.05) is 42.5 Å². The smallest absolute Gasteiger partial charge is 0.206 e. The van der Waals surface area contributed by atoms with Crippen molar-refractivity contribution in [3.63, 3.8) is 0 Å². The molecular weight excluding hydrogens is 443 g/mol. The van der Waals surface area contributed by atoms with Crippen LogP contribution in [0.4, 0.5) is 22.0 Å². The van der Waals surface area contributed by atoms with E-state index in [1.165, 1.54) is 30.9 Å². The van der Waals surface area contributed by atoms with Crippen LogP contribution >= 0.6 is 0 Å². The summed E-state index contributed by atoms with van der Waals surface area (Å²) >= 11 is 0. The summed E-state index contributed by atoms with van der Waals surface area (Å²) < 4.78 is 67.3. The average Bonchev–Trinajstić information content (AvgIpc) is 2.81. The second-order valence-electron chi connectivity index (χ2n) is 9.41. The van der Waals surface area contributed by atoms with Crippen LogP contribution < -0.4 is 0 Å². The van der Waals surface area contributed by atoms with E-state index in [-0.39, 0.29) is 18.7 Å². The highest BCUT2D eigenvalue weighted by molar-refractivity contribution is 5.84. The van der Waals surface area contributed by atoms with Crippen LogP contribution in [0.1, 0.15) is 66.7 Å². The summed E-state index contributed by atoms with van der Waals surface area (Å²) in [4.78, 5) is 0. The van der Waals surface area contributed by atoms with Gasteiger partial charge in [-0.2, -0.15) is 13.2 Å². The van der Waals surface area contributed by atoms with Crippen LogP contribution in [0.5, 0.6) is 0 Å². The Labute approximate surface area is 197 Å². The molecule has 0 bridgehead atoms. The van der Waals surface area contributed by atoms with Gasteiger partial charge in [0.05, 0.1) is 5.56 Å². The maximum Gasteiger partial charge on any atom is 0.419 e. The molecule has 0 N–H and O–H groups in total. The molecular formula is C29H29F5. The fraction of sp³-hybridized carbons (Fsp3) is 0.379. The van der Waals surface area contributed by atoms with E-state index in [9.17, 15) is 17.6 Å². The molecule has 0 radical (unpaired) electrons. The van der Waals surface area contributed by atoms with E-state index in [4.69, 9.17) is 0 Å². The minimum Gasteiger partial charge on any atom is -0.206 e. The molecule has 0 atom stereocenters. The first kappa shape index (κ1) is 24.4. The molecule has 4 rings (SSSR count). The monoisotopic (exact) mass is 472 g/mol. The van der Waals surface area contributed by atoms with Crippen LogP contribution in [0.15, 0.2) is 61.2 Å². The van der Waals surface area contributed by atoms with E-state index in [2.05, 4.69) is 12.6 Å². The Hall–Kier alpha value is -2.69. The molecule has 0 unspecified atom stereocenters. The first-order valence-corrected chi connectivity index (χ1v) is 11.9. The number of benzene rings is 3. The standard InChI is InChI=1S/C29H29F5/c1-2-3-4-19-5-9-21(10-6-19)23-14-15-25-24(18-23)13-12-22(28(25)31)11-7-20-8-16-26(27(30)17-20)29(32,33)34/h2,8,12-19,21H,1,3-7,9-11H2. The molecule has 1 aliphatic carbocycles. The quantitative estimate of drug-likeness (QED) is 0.238. The van der Waals surface area contributed by atoms with E-state index in [0.29, 0.717) is 22.4 Å². The maximum absolute atomic E-state index is 15.2. The SMILES string of the molecule is C=CCCC1CCC(c2ccc3c(F)c(CCc4ccc(C(F)(F)F)c(F)c4)ccc3c2)CC1.